The summed E-state index contributed by atoms with van der Waals surface area (Å²) in [6, 6.07) is 37.2. The molecule has 5 nitrogen and oxygen atoms in total. The van der Waals surface area contributed by atoms with Crippen molar-refractivity contribution in [2.75, 3.05) is 0 Å². The number of benzene rings is 3. The second-order valence-electron chi connectivity index (χ2n) is 11.1. The SMILES string of the molecule is CCn1c(C)c(C2(c3c(-c4ccccc4)cc4cccc(C)n34)OC(=O)c3cc4ccccc4nc32)c2ccccc21. The van der Waals surface area contributed by atoms with Gasteiger partial charge in [-0.15, -0.1) is 0 Å². The number of ether oxygens (including phenoxy) is 1. The number of para-hydroxylation sites is 2. The molecule has 42 heavy (non-hydrogen) atoms. The van der Waals surface area contributed by atoms with E-state index >= 15 is 0 Å². The first-order chi connectivity index (χ1) is 20.5. The number of aromatic nitrogens is 3. The van der Waals surface area contributed by atoms with Crippen LogP contribution in [0.15, 0.2) is 109 Å². The Bertz CT molecular complexity index is 2210. The normalized spacial score (nSPS) is 16.4. The molecular weight excluding hydrogens is 518 g/mol. The lowest BCUT2D eigenvalue weighted by Crippen LogP contribution is -2.34. The van der Waals surface area contributed by atoms with Gasteiger partial charge in [0, 0.05) is 50.9 Å². The molecule has 1 unspecified atom stereocenters. The van der Waals surface area contributed by atoms with Crippen LogP contribution in [0.4, 0.5) is 0 Å². The van der Waals surface area contributed by atoms with Gasteiger partial charge in [0.25, 0.3) is 0 Å². The summed E-state index contributed by atoms with van der Waals surface area (Å²) >= 11 is 0. The average Bonchev–Trinajstić information content (AvgIpc) is 3.64. The largest absolute Gasteiger partial charge is 0.437 e. The first kappa shape index (κ1) is 24.6. The maximum atomic E-state index is 14.1. The minimum absolute atomic E-state index is 0.362. The van der Waals surface area contributed by atoms with Gasteiger partial charge in [0.2, 0.25) is 5.60 Å². The Morgan fingerprint density at radius 2 is 1.57 bits per heavy atom. The second kappa shape index (κ2) is 8.92. The van der Waals surface area contributed by atoms with Gasteiger partial charge in [0.05, 0.1) is 16.8 Å². The number of hydrogen-bond acceptors (Lipinski definition) is 3. The van der Waals surface area contributed by atoms with Crippen molar-refractivity contribution in [3.8, 4) is 11.1 Å². The highest BCUT2D eigenvalue weighted by Crippen LogP contribution is 2.53. The zero-order valence-corrected chi connectivity index (χ0v) is 23.8. The third-order valence-corrected chi connectivity index (χ3v) is 8.83. The van der Waals surface area contributed by atoms with E-state index in [1.165, 1.54) is 0 Å². The molecule has 0 aliphatic carbocycles. The number of hydrogen-bond donors (Lipinski definition) is 0. The van der Waals surface area contributed by atoms with Gasteiger partial charge in [0.15, 0.2) is 0 Å². The highest BCUT2D eigenvalue weighted by molar-refractivity contribution is 6.02. The third kappa shape index (κ3) is 3.19. The molecule has 0 fully saturated rings. The number of pyridine rings is 2. The average molecular weight is 548 g/mol. The van der Waals surface area contributed by atoms with E-state index in [4.69, 9.17) is 9.72 Å². The van der Waals surface area contributed by atoms with Crippen molar-refractivity contribution < 1.29 is 9.53 Å². The lowest BCUT2D eigenvalue weighted by atomic mass is 9.81. The van der Waals surface area contributed by atoms with Crippen molar-refractivity contribution in [3.05, 3.63) is 143 Å². The first-order valence-electron chi connectivity index (χ1n) is 14.4. The molecule has 5 heteroatoms. The predicted octanol–water partition coefficient (Wildman–Crippen LogP) is 8.21. The van der Waals surface area contributed by atoms with E-state index in [0.717, 1.165) is 67.6 Å². The number of aryl methyl sites for hydroxylation is 2. The number of fused-ring (bicyclic) bond motifs is 4. The maximum absolute atomic E-state index is 14.1. The number of cyclic esters (lactones) is 1. The summed E-state index contributed by atoms with van der Waals surface area (Å²) < 4.78 is 11.4. The smallest absolute Gasteiger partial charge is 0.341 e. The Balaban J connectivity index is 1.63. The molecule has 0 radical (unpaired) electrons. The van der Waals surface area contributed by atoms with Crippen molar-refractivity contribution >= 4 is 33.3 Å². The van der Waals surface area contributed by atoms with Crippen LogP contribution in [0.5, 0.6) is 0 Å². The van der Waals surface area contributed by atoms with Crippen LogP contribution in [0.2, 0.25) is 0 Å². The van der Waals surface area contributed by atoms with Gasteiger partial charge in [-0.25, -0.2) is 9.78 Å². The topological polar surface area (TPSA) is 48.5 Å². The van der Waals surface area contributed by atoms with E-state index < -0.39 is 5.60 Å². The van der Waals surface area contributed by atoms with Gasteiger partial charge in [-0.1, -0.05) is 72.8 Å². The van der Waals surface area contributed by atoms with Crippen molar-refractivity contribution in [2.45, 2.75) is 32.9 Å². The van der Waals surface area contributed by atoms with Crippen LogP contribution < -0.4 is 0 Å². The van der Waals surface area contributed by atoms with Gasteiger partial charge < -0.3 is 13.7 Å². The van der Waals surface area contributed by atoms with E-state index in [-0.39, 0.29) is 5.97 Å². The van der Waals surface area contributed by atoms with Gasteiger partial charge >= 0.3 is 5.97 Å². The summed E-state index contributed by atoms with van der Waals surface area (Å²) in [7, 11) is 0. The number of carbonyl (C=O) groups is 1. The molecule has 3 aromatic carbocycles. The molecule has 1 atom stereocenters. The number of nitrogens with zero attached hydrogens (tertiary/aromatic N) is 3. The minimum atomic E-state index is -1.30. The Morgan fingerprint density at radius 1 is 0.810 bits per heavy atom. The molecule has 1 aliphatic heterocycles. The summed E-state index contributed by atoms with van der Waals surface area (Å²) in [5.41, 5.74) is 8.81. The third-order valence-electron chi connectivity index (χ3n) is 8.83. The number of esters is 1. The van der Waals surface area contributed by atoms with E-state index in [0.29, 0.717) is 11.3 Å². The fraction of sp³-hybridized carbons (Fsp3) is 0.135. The van der Waals surface area contributed by atoms with E-state index in [2.05, 4.69) is 103 Å². The molecule has 0 amide bonds. The first-order valence-corrected chi connectivity index (χ1v) is 14.4. The van der Waals surface area contributed by atoms with Crippen LogP contribution in [-0.4, -0.2) is 19.9 Å². The van der Waals surface area contributed by atoms with Crippen LogP contribution in [0.3, 0.4) is 0 Å². The van der Waals surface area contributed by atoms with E-state index in [9.17, 15) is 4.79 Å². The van der Waals surface area contributed by atoms with Crippen molar-refractivity contribution in [1.29, 1.82) is 0 Å². The number of carbonyl (C=O) groups excluding carboxylic acids is 1. The highest BCUT2D eigenvalue weighted by atomic mass is 16.6. The Kier molecular flexibility index (Phi) is 5.23. The zero-order valence-electron chi connectivity index (χ0n) is 23.8. The molecule has 7 aromatic rings. The molecule has 5 heterocycles. The van der Waals surface area contributed by atoms with Crippen molar-refractivity contribution in [2.24, 2.45) is 0 Å². The van der Waals surface area contributed by atoms with Gasteiger partial charge in [0.1, 0.15) is 5.69 Å². The van der Waals surface area contributed by atoms with Gasteiger partial charge in [-0.05, 0) is 62.7 Å². The molecule has 1 aliphatic rings. The Morgan fingerprint density at radius 3 is 2.40 bits per heavy atom. The molecular formula is C37H29N3O2. The lowest BCUT2D eigenvalue weighted by molar-refractivity contribution is 0.0232. The molecule has 0 bridgehead atoms. The molecule has 204 valence electrons. The molecule has 0 N–H and O–H groups in total. The second-order valence-corrected chi connectivity index (χ2v) is 11.1. The summed E-state index contributed by atoms with van der Waals surface area (Å²) in [4.78, 5) is 19.4. The Labute approximate surface area is 243 Å². The fourth-order valence-electron chi connectivity index (χ4n) is 7.09. The van der Waals surface area contributed by atoms with Gasteiger partial charge in [-0.3, -0.25) is 0 Å². The highest BCUT2D eigenvalue weighted by Gasteiger charge is 2.55. The van der Waals surface area contributed by atoms with E-state index in [1.807, 2.05) is 36.4 Å². The summed E-state index contributed by atoms with van der Waals surface area (Å²) in [5.74, 6) is -0.362. The van der Waals surface area contributed by atoms with Gasteiger partial charge in [-0.2, -0.15) is 0 Å². The monoisotopic (exact) mass is 547 g/mol. The molecule has 0 saturated heterocycles. The molecule has 0 saturated carbocycles. The maximum Gasteiger partial charge on any atom is 0.341 e. The molecule has 0 spiro atoms. The number of rotatable bonds is 4. The molecule has 4 aromatic heterocycles. The zero-order chi connectivity index (χ0) is 28.6. The van der Waals surface area contributed by atoms with E-state index in [1.54, 1.807) is 0 Å². The fourth-order valence-corrected chi connectivity index (χ4v) is 7.09. The molecule has 8 rings (SSSR count). The quantitative estimate of drug-likeness (QED) is 0.209. The van der Waals surface area contributed by atoms with Crippen LogP contribution in [0, 0.1) is 13.8 Å². The van der Waals surface area contributed by atoms with Crippen LogP contribution >= 0.6 is 0 Å². The minimum Gasteiger partial charge on any atom is -0.437 e. The van der Waals surface area contributed by atoms with Crippen molar-refractivity contribution in [1.82, 2.24) is 14.0 Å². The summed E-state index contributed by atoms with van der Waals surface area (Å²) in [5, 5.41) is 1.96. The van der Waals surface area contributed by atoms with Crippen LogP contribution in [0.1, 0.15) is 45.6 Å². The van der Waals surface area contributed by atoms with Crippen LogP contribution in [-0.2, 0) is 16.9 Å². The van der Waals surface area contributed by atoms with Crippen LogP contribution in [0.25, 0.3) is 38.4 Å². The summed E-state index contributed by atoms with van der Waals surface area (Å²) in [6.45, 7) is 7.18. The Hall–Kier alpha value is -5.16. The van der Waals surface area contributed by atoms with Crippen molar-refractivity contribution in [3.63, 3.8) is 0 Å². The lowest BCUT2D eigenvalue weighted by Gasteiger charge is -2.31. The summed E-state index contributed by atoms with van der Waals surface area (Å²) in [6.07, 6.45) is 0. The standard InChI is InChI=1S/C37H29N3O2/c1-4-39-24(3)33(28-18-9-11-20-32(28)39)37(34-30(36(41)42-37)21-26-16-8-10-19-31(26)38-34)35-29(25-14-6-5-7-15-25)22-27-17-12-13-23(2)40(27)35/h5-22H,4H2,1-3H3. The predicted molar refractivity (Wildman–Crippen MR) is 167 cm³/mol.